The molecule has 0 saturated carbocycles. The second-order valence-corrected chi connectivity index (χ2v) is 7.13. The Bertz CT molecular complexity index is 908. The Labute approximate surface area is 145 Å². The summed E-state index contributed by atoms with van der Waals surface area (Å²) in [4.78, 5) is 18.7. The van der Waals surface area contributed by atoms with Gasteiger partial charge >= 0.3 is 0 Å². The van der Waals surface area contributed by atoms with Gasteiger partial charge in [-0.15, -0.1) is 11.3 Å². The topological polar surface area (TPSA) is 44.1 Å². The maximum Gasteiger partial charge on any atom is 0.262 e. The van der Waals surface area contributed by atoms with Crippen LogP contribution >= 0.6 is 11.3 Å². The molecular formula is C19H22N2O2S. The van der Waals surface area contributed by atoms with Crippen molar-refractivity contribution in [3.05, 3.63) is 51.4 Å². The standard InChI is InChI=1S/C19H22N2O2S/c1-12(2)17-20-18-16(19(22)21(17)9-10-23-4)15(11-24-18)14-7-5-13(3)6-8-14/h5-8,11-12H,9-10H2,1-4H3. The minimum atomic E-state index is 0.0255. The average Bonchev–Trinajstić information content (AvgIpc) is 2.98. The summed E-state index contributed by atoms with van der Waals surface area (Å²) in [5.74, 6) is 1.01. The Kier molecular flexibility index (Phi) is 4.83. The van der Waals surface area contributed by atoms with Crippen molar-refractivity contribution in [2.75, 3.05) is 13.7 Å². The predicted molar refractivity (Wildman–Crippen MR) is 100 cm³/mol. The molecule has 126 valence electrons. The molecule has 24 heavy (non-hydrogen) atoms. The number of thiophene rings is 1. The molecule has 0 amide bonds. The molecule has 0 aliphatic rings. The number of rotatable bonds is 5. The number of hydrogen-bond acceptors (Lipinski definition) is 4. The van der Waals surface area contributed by atoms with Gasteiger partial charge in [0.05, 0.1) is 18.5 Å². The molecule has 0 saturated heterocycles. The highest BCUT2D eigenvalue weighted by Crippen LogP contribution is 2.31. The molecule has 2 heterocycles. The number of aromatic nitrogens is 2. The van der Waals surface area contributed by atoms with Crippen LogP contribution in [0.1, 0.15) is 31.2 Å². The van der Waals surface area contributed by atoms with Gasteiger partial charge < -0.3 is 4.74 Å². The molecule has 2 aromatic heterocycles. The number of methoxy groups -OCH3 is 1. The molecule has 0 N–H and O–H groups in total. The lowest BCUT2D eigenvalue weighted by Gasteiger charge is -2.14. The van der Waals surface area contributed by atoms with Gasteiger partial charge in [0.1, 0.15) is 10.7 Å². The molecular weight excluding hydrogens is 320 g/mol. The van der Waals surface area contributed by atoms with Crippen molar-refractivity contribution in [3.63, 3.8) is 0 Å². The molecule has 1 aromatic carbocycles. The smallest absolute Gasteiger partial charge is 0.262 e. The second kappa shape index (κ2) is 6.87. The van der Waals surface area contributed by atoms with Gasteiger partial charge in [-0.1, -0.05) is 43.7 Å². The third-order valence-corrected chi connectivity index (χ3v) is 4.99. The molecule has 0 bridgehead atoms. The summed E-state index contributed by atoms with van der Waals surface area (Å²) in [6.07, 6.45) is 0. The van der Waals surface area contributed by atoms with Gasteiger partial charge in [0.2, 0.25) is 0 Å². The molecule has 5 heteroatoms. The highest BCUT2D eigenvalue weighted by atomic mass is 32.1. The molecule has 0 radical (unpaired) electrons. The zero-order valence-corrected chi connectivity index (χ0v) is 15.3. The molecule has 0 atom stereocenters. The SMILES string of the molecule is COCCn1c(C(C)C)nc2scc(-c3ccc(C)cc3)c2c1=O. The van der Waals surface area contributed by atoms with E-state index in [9.17, 15) is 4.79 Å². The third kappa shape index (κ3) is 3.01. The molecule has 0 unspecified atom stereocenters. The lowest BCUT2D eigenvalue weighted by Crippen LogP contribution is -2.27. The zero-order chi connectivity index (χ0) is 17.3. The Morgan fingerprint density at radius 2 is 1.96 bits per heavy atom. The van der Waals surface area contributed by atoms with Gasteiger partial charge in [0.25, 0.3) is 5.56 Å². The fourth-order valence-electron chi connectivity index (χ4n) is 2.83. The van der Waals surface area contributed by atoms with E-state index in [2.05, 4.69) is 45.0 Å². The Morgan fingerprint density at radius 3 is 2.58 bits per heavy atom. The van der Waals surface area contributed by atoms with Crippen LogP contribution in [0.25, 0.3) is 21.3 Å². The molecule has 4 nitrogen and oxygen atoms in total. The first-order valence-electron chi connectivity index (χ1n) is 8.10. The van der Waals surface area contributed by atoms with Crippen molar-refractivity contribution < 1.29 is 4.74 Å². The van der Waals surface area contributed by atoms with E-state index in [0.717, 1.165) is 21.8 Å². The van der Waals surface area contributed by atoms with Crippen LogP contribution in [0.3, 0.4) is 0 Å². The number of hydrogen-bond donors (Lipinski definition) is 0. The van der Waals surface area contributed by atoms with Crippen molar-refractivity contribution >= 4 is 21.6 Å². The van der Waals surface area contributed by atoms with Gasteiger partial charge in [0, 0.05) is 24.0 Å². The summed E-state index contributed by atoms with van der Waals surface area (Å²) in [6.45, 7) is 7.20. The van der Waals surface area contributed by atoms with Gasteiger partial charge in [-0.3, -0.25) is 9.36 Å². The van der Waals surface area contributed by atoms with Crippen LogP contribution in [0.15, 0.2) is 34.4 Å². The molecule has 0 spiro atoms. The number of benzene rings is 1. The number of nitrogens with zero attached hydrogens (tertiary/aromatic N) is 2. The van der Waals surface area contributed by atoms with Crippen LogP contribution in [0.5, 0.6) is 0 Å². The molecule has 0 fully saturated rings. The van der Waals surface area contributed by atoms with Crippen LogP contribution in [0.2, 0.25) is 0 Å². The van der Waals surface area contributed by atoms with Crippen LogP contribution in [0.4, 0.5) is 0 Å². The van der Waals surface area contributed by atoms with E-state index < -0.39 is 0 Å². The van der Waals surface area contributed by atoms with Crippen molar-refractivity contribution in [2.24, 2.45) is 0 Å². The van der Waals surface area contributed by atoms with E-state index in [1.807, 2.05) is 5.38 Å². The van der Waals surface area contributed by atoms with Crippen LogP contribution in [0, 0.1) is 6.92 Å². The zero-order valence-electron chi connectivity index (χ0n) is 14.5. The van der Waals surface area contributed by atoms with Gasteiger partial charge in [-0.25, -0.2) is 4.98 Å². The first kappa shape index (κ1) is 16.9. The minimum Gasteiger partial charge on any atom is -0.383 e. The number of aryl methyl sites for hydroxylation is 1. The van der Waals surface area contributed by atoms with Crippen LogP contribution in [-0.4, -0.2) is 23.3 Å². The van der Waals surface area contributed by atoms with E-state index in [-0.39, 0.29) is 11.5 Å². The normalized spacial score (nSPS) is 11.5. The van der Waals surface area contributed by atoms with Crippen LogP contribution < -0.4 is 5.56 Å². The molecule has 0 aliphatic heterocycles. The van der Waals surface area contributed by atoms with E-state index in [1.165, 1.54) is 16.9 Å². The maximum absolute atomic E-state index is 13.2. The fourth-order valence-corrected chi connectivity index (χ4v) is 3.77. The van der Waals surface area contributed by atoms with Crippen molar-refractivity contribution in [2.45, 2.75) is 33.2 Å². The molecule has 3 aromatic rings. The summed E-state index contributed by atoms with van der Waals surface area (Å²) < 4.78 is 6.94. The van der Waals surface area contributed by atoms with Crippen molar-refractivity contribution in [3.8, 4) is 11.1 Å². The van der Waals surface area contributed by atoms with Gasteiger partial charge in [0.15, 0.2) is 0 Å². The number of ether oxygens (including phenoxy) is 1. The average molecular weight is 342 g/mol. The summed E-state index contributed by atoms with van der Waals surface area (Å²) in [5, 5.41) is 2.75. The molecule has 0 aliphatic carbocycles. The summed E-state index contributed by atoms with van der Waals surface area (Å²) in [5.41, 5.74) is 3.25. The van der Waals surface area contributed by atoms with E-state index in [0.29, 0.717) is 18.5 Å². The Balaban J connectivity index is 2.24. The predicted octanol–water partition coefficient (Wildman–Crippen LogP) is 4.20. The first-order chi connectivity index (χ1) is 11.5. The minimum absolute atomic E-state index is 0.0255. The maximum atomic E-state index is 13.2. The molecule has 3 rings (SSSR count). The van der Waals surface area contributed by atoms with E-state index in [4.69, 9.17) is 9.72 Å². The fraction of sp³-hybridized carbons (Fsp3) is 0.368. The highest BCUT2D eigenvalue weighted by Gasteiger charge is 2.18. The van der Waals surface area contributed by atoms with Gasteiger partial charge in [-0.2, -0.15) is 0 Å². The van der Waals surface area contributed by atoms with Crippen molar-refractivity contribution in [1.82, 2.24) is 9.55 Å². The second-order valence-electron chi connectivity index (χ2n) is 6.27. The van der Waals surface area contributed by atoms with E-state index in [1.54, 1.807) is 11.7 Å². The third-order valence-electron chi connectivity index (χ3n) is 4.12. The monoisotopic (exact) mass is 342 g/mol. The summed E-state index contributed by atoms with van der Waals surface area (Å²) in [7, 11) is 1.65. The number of fused-ring (bicyclic) bond motifs is 1. The summed E-state index contributed by atoms with van der Waals surface area (Å²) >= 11 is 1.54. The largest absolute Gasteiger partial charge is 0.383 e. The first-order valence-corrected chi connectivity index (χ1v) is 8.98. The van der Waals surface area contributed by atoms with Gasteiger partial charge in [-0.05, 0) is 12.5 Å². The highest BCUT2D eigenvalue weighted by molar-refractivity contribution is 7.17. The van der Waals surface area contributed by atoms with E-state index >= 15 is 0 Å². The Hall–Kier alpha value is -1.98. The quantitative estimate of drug-likeness (QED) is 0.698. The van der Waals surface area contributed by atoms with Crippen molar-refractivity contribution in [1.29, 1.82) is 0 Å². The summed E-state index contributed by atoms with van der Waals surface area (Å²) in [6, 6.07) is 8.26. The van der Waals surface area contributed by atoms with Crippen LogP contribution in [-0.2, 0) is 11.3 Å². The lowest BCUT2D eigenvalue weighted by atomic mass is 10.0. The lowest BCUT2D eigenvalue weighted by molar-refractivity contribution is 0.184. The Morgan fingerprint density at radius 1 is 1.25 bits per heavy atom.